The Labute approximate surface area is 86.2 Å². The lowest BCUT2D eigenvalue weighted by atomic mass is 9.91. The van der Waals surface area contributed by atoms with Gasteiger partial charge in [0.15, 0.2) is 0 Å². The number of aliphatic hydroxyl groups is 1. The quantitative estimate of drug-likeness (QED) is 0.796. The third-order valence-electron chi connectivity index (χ3n) is 2.65. The summed E-state index contributed by atoms with van der Waals surface area (Å²) in [5.41, 5.74) is 1.34. The average molecular weight is 193 g/mol. The number of para-hydroxylation sites is 1. The van der Waals surface area contributed by atoms with Crippen LogP contribution in [-0.2, 0) is 5.60 Å². The first-order valence-corrected chi connectivity index (χ1v) is 4.98. The topological polar surface area (TPSA) is 23.5 Å². The molecular formula is C12H19NO. The van der Waals surface area contributed by atoms with Gasteiger partial charge >= 0.3 is 0 Å². The van der Waals surface area contributed by atoms with E-state index < -0.39 is 5.60 Å². The Bertz CT molecular complexity index is 305. The number of hydrogen-bond donors (Lipinski definition) is 1. The maximum atomic E-state index is 10.2. The molecule has 0 radical (unpaired) electrons. The molecule has 1 unspecified atom stereocenters. The molecule has 0 amide bonds. The van der Waals surface area contributed by atoms with E-state index in [9.17, 15) is 5.11 Å². The van der Waals surface area contributed by atoms with Crippen LogP contribution < -0.4 is 4.90 Å². The minimum absolute atomic E-state index is 0.720. The van der Waals surface area contributed by atoms with Crippen LogP contribution in [0.3, 0.4) is 0 Å². The molecule has 1 aromatic carbocycles. The third-order valence-corrected chi connectivity index (χ3v) is 2.65. The SMILES string of the molecule is CCC(C)(O)c1ccccc1N(C)C. The van der Waals surface area contributed by atoms with Crippen molar-refractivity contribution in [2.45, 2.75) is 25.9 Å². The lowest BCUT2D eigenvalue weighted by Crippen LogP contribution is -2.23. The van der Waals surface area contributed by atoms with Gasteiger partial charge in [-0.15, -0.1) is 0 Å². The van der Waals surface area contributed by atoms with Crippen molar-refractivity contribution >= 4 is 5.69 Å². The number of nitrogens with zero attached hydrogens (tertiary/aromatic N) is 1. The van der Waals surface area contributed by atoms with Gasteiger partial charge in [0.1, 0.15) is 0 Å². The van der Waals surface area contributed by atoms with Crippen LogP contribution in [-0.4, -0.2) is 19.2 Å². The lowest BCUT2D eigenvalue weighted by molar-refractivity contribution is 0.0536. The first kappa shape index (κ1) is 11.1. The average Bonchev–Trinajstić information content (AvgIpc) is 2.18. The van der Waals surface area contributed by atoms with Gasteiger partial charge in [-0.3, -0.25) is 0 Å². The Balaban J connectivity index is 3.20. The second-order valence-electron chi connectivity index (χ2n) is 4.04. The van der Waals surface area contributed by atoms with E-state index in [1.165, 1.54) is 0 Å². The van der Waals surface area contributed by atoms with Gasteiger partial charge in [0.2, 0.25) is 0 Å². The molecule has 0 heterocycles. The molecule has 0 aliphatic heterocycles. The summed E-state index contributed by atoms with van der Waals surface area (Å²) in [6.45, 7) is 3.85. The number of benzene rings is 1. The highest BCUT2D eigenvalue weighted by Gasteiger charge is 2.23. The van der Waals surface area contributed by atoms with Gasteiger partial charge < -0.3 is 10.0 Å². The first-order chi connectivity index (χ1) is 6.49. The van der Waals surface area contributed by atoms with Crippen LogP contribution in [0.2, 0.25) is 0 Å². The first-order valence-electron chi connectivity index (χ1n) is 4.98. The molecular weight excluding hydrogens is 174 g/mol. The van der Waals surface area contributed by atoms with E-state index in [0.717, 1.165) is 17.7 Å². The van der Waals surface area contributed by atoms with Gasteiger partial charge in [-0.25, -0.2) is 0 Å². The number of hydrogen-bond acceptors (Lipinski definition) is 2. The second-order valence-corrected chi connectivity index (χ2v) is 4.04. The van der Waals surface area contributed by atoms with E-state index in [1.54, 1.807) is 0 Å². The van der Waals surface area contributed by atoms with Crippen molar-refractivity contribution in [1.29, 1.82) is 0 Å². The molecule has 1 rings (SSSR count). The smallest absolute Gasteiger partial charge is 0.0885 e. The van der Waals surface area contributed by atoms with E-state index in [4.69, 9.17) is 0 Å². The zero-order valence-corrected chi connectivity index (χ0v) is 9.41. The molecule has 1 aromatic rings. The van der Waals surface area contributed by atoms with E-state index in [2.05, 4.69) is 0 Å². The standard InChI is InChI=1S/C12H19NO/c1-5-12(2,14)10-8-6-7-9-11(10)13(3)4/h6-9,14H,5H2,1-4H3. The molecule has 0 saturated heterocycles. The fourth-order valence-electron chi connectivity index (χ4n) is 1.51. The van der Waals surface area contributed by atoms with E-state index in [0.29, 0.717) is 0 Å². The van der Waals surface area contributed by atoms with Crippen LogP contribution in [0.25, 0.3) is 0 Å². The summed E-state index contributed by atoms with van der Waals surface area (Å²) < 4.78 is 0. The summed E-state index contributed by atoms with van der Waals surface area (Å²) in [6.07, 6.45) is 0.720. The summed E-state index contributed by atoms with van der Waals surface area (Å²) in [7, 11) is 3.98. The van der Waals surface area contributed by atoms with Gasteiger partial charge in [-0.1, -0.05) is 25.1 Å². The summed E-state index contributed by atoms with van der Waals surface area (Å²) in [4.78, 5) is 2.03. The van der Waals surface area contributed by atoms with Crippen LogP contribution in [0.1, 0.15) is 25.8 Å². The molecule has 0 aliphatic carbocycles. The van der Waals surface area contributed by atoms with Crippen molar-refractivity contribution in [2.75, 3.05) is 19.0 Å². The molecule has 14 heavy (non-hydrogen) atoms. The molecule has 78 valence electrons. The highest BCUT2D eigenvalue weighted by atomic mass is 16.3. The Morgan fingerprint density at radius 1 is 1.29 bits per heavy atom. The largest absolute Gasteiger partial charge is 0.385 e. The number of anilines is 1. The Hall–Kier alpha value is -1.02. The summed E-state index contributed by atoms with van der Waals surface area (Å²) in [5.74, 6) is 0. The van der Waals surface area contributed by atoms with Crippen molar-refractivity contribution in [3.05, 3.63) is 29.8 Å². The Morgan fingerprint density at radius 3 is 2.36 bits per heavy atom. The molecule has 0 saturated carbocycles. The minimum atomic E-state index is -0.735. The van der Waals surface area contributed by atoms with E-state index in [1.807, 2.05) is 57.1 Å². The van der Waals surface area contributed by atoms with Crippen LogP contribution >= 0.6 is 0 Å². The summed E-state index contributed by atoms with van der Waals surface area (Å²) >= 11 is 0. The van der Waals surface area contributed by atoms with Gasteiger partial charge in [0, 0.05) is 25.3 Å². The molecule has 0 aromatic heterocycles. The minimum Gasteiger partial charge on any atom is -0.385 e. The Morgan fingerprint density at radius 2 is 1.86 bits per heavy atom. The lowest BCUT2D eigenvalue weighted by Gasteiger charge is -2.27. The highest BCUT2D eigenvalue weighted by molar-refractivity contribution is 5.54. The second kappa shape index (κ2) is 4.01. The van der Waals surface area contributed by atoms with Crippen molar-refractivity contribution in [1.82, 2.24) is 0 Å². The monoisotopic (exact) mass is 193 g/mol. The fourth-order valence-corrected chi connectivity index (χ4v) is 1.51. The Kier molecular flexibility index (Phi) is 3.17. The molecule has 0 fully saturated rings. The van der Waals surface area contributed by atoms with E-state index in [-0.39, 0.29) is 0 Å². The molecule has 1 N–H and O–H groups in total. The van der Waals surface area contributed by atoms with Crippen molar-refractivity contribution < 1.29 is 5.11 Å². The van der Waals surface area contributed by atoms with Crippen LogP contribution in [0.5, 0.6) is 0 Å². The van der Waals surface area contributed by atoms with E-state index >= 15 is 0 Å². The molecule has 2 nitrogen and oxygen atoms in total. The van der Waals surface area contributed by atoms with Gasteiger partial charge in [-0.2, -0.15) is 0 Å². The van der Waals surface area contributed by atoms with Crippen LogP contribution in [0.4, 0.5) is 5.69 Å². The van der Waals surface area contributed by atoms with Gasteiger partial charge in [0.25, 0.3) is 0 Å². The maximum absolute atomic E-state index is 10.2. The third kappa shape index (κ3) is 2.07. The van der Waals surface area contributed by atoms with Crippen LogP contribution in [0.15, 0.2) is 24.3 Å². The molecule has 0 bridgehead atoms. The molecule has 1 atom stereocenters. The maximum Gasteiger partial charge on any atom is 0.0885 e. The predicted molar refractivity (Wildman–Crippen MR) is 60.6 cm³/mol. The fraction of sp³-hybridized carbons (Fsp3) is 0.500. The van der Waals surface area contributed by atoms with Crippen molar-refractivity contribution in [3.63, 3.8) is 0 Å². The summed E-state index contributed by atoms with van der Waals surface area (Å²) in [5, 5.41) is 10.2. The normalized spacial score (nSPS) is 14.9. The molecule has 0 aliphatic rings. The molecule has 2 heteroatoms. The van der Waals surface area contributed by atoms with Gasteiger partial charge in [0.05, 0.1) is 5.60 Å². The summed E-state index contributed by atoms with van der Waals surface area (Å²) in [6, 6.07) is 7.97. The molecule has 0 spiro atoms. The zero-order valence-electron chi connectivity index (χ0n) is 9.41. The predicted octanol–water partition coefficient (Wildman–Crippen LogP) is 2.37. The highest BCUT2D eigenvalue weighted by Crippen LogP contribution is 2.31. The van der Waals surface area contributed by atoms with Crippen LogP contribution in [0, 0.1) is 0 Å². The van der Waals surface area contributed by atoms with Crippen molar-refractivity contribution in [3.8, 4) is 0 Å². The zero-order chi connectivity index (χ0) is 10.8. The van der Waals surface area contributed by atoms with Crippen molar-refractivity contribution in [2.24, 2.45) is 0 Å². The van der Waals surface area contributed by atoms with Gasteiger partial charge in [-0.05, 0) is 19.4 Å². The number of rotatable bonds is 3.